The molecule has 0 aliphatic carbocycles. The van der Waals surface area contributed by atoms with Crippen molar-refractivity contribution in [3.8, 4) is 0 Å². The highest BCUT2D eigenvalue weighted by Gasteiger charge is 2.28. The number of hydrogen-bond donors (Lipinski definition) is 2. The Kier molecular flexibility index (Phi) is 5.60. The Morgan fingerprint density at radius 2 is 1.94 bits per heavy atom. The lowest BCUT2D eigenvalue weighted by molar-refractivity contribution is -0.124. The molecule has 0 aromatic carbocycles. The highest BCUT2D eigenvalue weighted by molar-refractivity contribution is 5.82. The molecule has 0 spiro atoms. The molecule has 1 amide bonds. The highest BCUT2D eigenvalue weighted by atomic mass is 16.2. The van der Waals surface area contributed by atoms with Crippen LogP contribution in [0.4, 0.5) is 0 Å². The fourth-order valence-electron chi connectivity index (χ4n) is 2.25. The first-order chi connectivity index (χ1) is 8.34. The molecule has 0 aromatic rings. The van der Waals surface area contributed by atoms with E-state index in [-0.39, 0.29) is 11.3 Å². The quantitative estimate of drug-likeness (QED) is 0.794. The summed E-state index contributed by atoms with van der Waals surface area (Å²) in [4.78, 5) is 14.4. The summed E-state index contributed by atoms with van der Waals surface area (Å²) in [5.74, 6) is 0.601. The average molecular weight is 255 g/mol. The van der Waals surface area contributed by atoms with Gasteiger partial charge in [0.05, 0.1) is 6.04 Å². The first-order valence-corrected chi connectivity index (χ1v) is 7.10. The van der Waals surface area contributed by atoms with Crippen molar-refractivity contribution in [1.82, 2.24) is 10.2 Å². The van der Waals surface area contributed by atoms with E-state index in [4.69, 9.17) is 5.73 Å². The lowest BCUT2D eigenvalue weighted by Gasteiger charge is -2.32. The number of likely N-dealkylation sites (tertiary alicyclic amines) is 1. The van der Waals surface area contributed by atoms with Crippen molar-refractivity contribution in [2.75, 3.05) is 26.2 Å². The Labute approximate surface area is 111 Å². The predicted molar refractivity (Wildman–Crippen MR) is 75.3 cm³/mol. The molecule has 1 aliphatic heterocycles. The van der Waals surface area contributed by atoms with Crippen molar-refractivity contribution >= 4 is 5.91 Å². The molecule has 0 unspecified atom stereocenters. The zero-order valence-electron chi connectivity index (χ0n) is 12.3. The van der Waals surface area contributed by atoms with Gasteiger partial charge in [0, 0.05) is 6.54 Å². The van der Waals surface area contributed by atoms with Crippen LogP contribution in [-0.2, 0) is 4.79 Å². The van der Waals surface area contributed by atoms with Gasteiger partial charge >= 0.3 is 0 Å². The van der Waals surface area contributed by atoms with Gasteiger partial charge in [0.15, 0.2) is 0 Å². The Bertz CT molecular complexity index is 265. The monoisotopic (exact) mass is 255 g/mol. The molecular weight excluding hydrogens is 226 g/mol. The molecule has 0 radical (unpaired) electrons. The molecule has 0 saturated carbocycles. The second-order valence-corrected chi connectivity index (χ2v) is 6.47. The number of carbonyl (C=O) groups is 1. The maximum atomic E-state index is 11.9. The van der Waals surface area contributed by atoms with E-state index in [0.29, 0.717) is 5.92 Å². The van der Waals surface area contributed by atoms with Crippen molar-refractivity contribution in [2.24, 2.45) is 17.1 Å². The molecule has 1 atom stereocenters. The largest absolute Gasteiger partial charge is 0.354 e. The van der Waals surface area contributed by atoms with Crippen molar-refractivity contribution in [2.45, 2.75) is 46.6 Å². The van der Waals surface area contributed by atoms with Crippen LogP contribution in [0.5, 0.6) is 0 Å². The highest BCUT2D eigenvalue weighted by Crippen LogP contribution is 2.18. The Morgan fingerprint density at radius 3 is 2.39 bits per heavy atom. The van der Waals surface area contributed by atoms with Crippen molar-refractivity contribution in [3.63, 3.8) is 0 Å². The zero-order chi connectivity index (χ0) is 13.8. The number of amides is 1. The minimum Gasteiger partial charge on any atom is -0.354 e. The number of nitrogens with two attached hydrogens (primary N) is 1. The fraction of sp³-hybridized carbons (Fsp3) is 0.929. The van der Waals surface area contributed by atoms with Gasteiger partial charge in [-0.2, -0.15) is 0 Å². The second-order valence-electron chi connectivity index (χ2n) is 6.47. The van der Waals surface area contributed by atoms with E-state index in [2.05, 4.69) is 17.1 Å². The Morgan fingerprint density at radius 1 is 1.39 bits per heavy atom. The van der Waals surface area contributed by atoms with Crippen LogP contribution < -0.4 is 11.1 Å². The number of nitrogens with one attached hydrogen (secondary N) is 1. The molecule has 1 aliphatic rings. The normalized spacial score (nSPS) is 20.7. The van der Waals surface area contributed by atoms with Gasteiger partial charge in [0.25, 0.3) is 0 Å². The topological polar surface area (TPSA) is 58.4 Å². The Hall–Kier alpha value is -0.610. The van der Waals surface area contributed by atoms with Crippen LogP contribution in [0.25, 0.3) is 0 Å². The van der Waals surface area contributed by atoms with Gasteiger partial charge in [-0.3, -0.25) is 4.79 Å². The maximum absolute atomic E-state index is 11.9. The van der Waals surface area contributed by atoms with Crippen LogP contribution in [-0.4, -0.2) is 43.0 Å². The molecule has 18 heavy (non-hydrogen) atoms. The van der Waals surface area contributed by atoms with Gasteiger partial charge in [0.1, 0.15) is 0 Å². The van der Waals surface area contributed by atoms with Crippen LogP contribution >= 0.6 is 0 Å². The number of nitrogens with zero attached hydrogens (tertiary/aromatic N) is 1. The minimum atomic E-state index is -0.423. The molecule has 106 valence electrons. The lowest BCUT2D eigenvalue weighted by Crippen LogP contribution is -2.50. The summed E-state index contributed by atoms with van der Waals surface area (Å²) in [5, 5.41) is 3.01. The van der Waals surface area contributed by atoms with Crippen LogP contribution in [0.2, 0.25) is 0 Å². The number of hydrogen-bond acceptors (Lipinski definition) is 3. The average Bonchev–Trinajstić information content (AvgIpc) is 2.34. The molecule has 3 N–H and O–H groups in total. The van der Waals surface area contributed by atoms with Gasteiger partial charge in [-0.25, -0.2) is 0 Å². The molecular formula is C14H29N3O. The van der Waals surface area contributed by atoms with Crippen LogP contribution in [0, 0.1) is 11.3 Å². The summed E-state index contributed by atoms with van der Waals surface area (Å²) in [7, 11) is 0. The maximum Gasteiger partial charge on any atom is 0.237 e. The summed E-state index contributed by atoms with van der Waals surface area (Å²) in [6.45, 7) is 12.4. The first-order valence-electron chi connectivity index (χ1n) is 7.10. The summed E-state index contributed by atoms with van der Waals surface area (Å²) in [5.41, 5.74) is 5.76. The molecule has 1 rings (SSSR count). The van der Waals surface area contributed by atoms with E-state index in [1.54, 1.807) is 0 Å². The van der Waals surface area contributed by atoms with Gasteiger partial charge in [0.2, 0.25) is 5.91 Å². The van der Waals surface area contributed by atoms with Crippen LogP contribution in [0.1, 0.15) is 40.5 Å². The molecule has 1 saturated heterocycles. The summed E-state index contributed by atoms with van der Waals surface area (Å²) < 4.78 is 0. The molecule has 0 aromatic heterocycles. The van der Waals surface area contributed by atoms with E-state index in [0.717, 1.165) is 26.2 Å². The molecule has 1 fully saturated rings. The number of rotatable bonds is 4. The molecule has 4 nitrogen and oxygen atoms in total. The van der Waals surface area contributed by atoms with Crippen LogP contribution in [0.15, 0.2) is 0 Å². The lowest BCUT2D eigenvalue weighted by atomic mass is 9.86. The first kappa shape index (κ1) is 15.4. The molecule has 0 bridgehead atoms. The standard InChI is InChI=1S/C14H29N3O/c1-5-17-8-6-11(7-9-17)10-16-13(18)12(15)14(2,3)4/h11-12H,5-10,15H2,1-4H3,(H,16,18)/t12-/m1/s1. The SMILES string of the molecule is CCN1CCC(CNC(=O)[C@@H](N)C(C)(C)C)CC1. The predicted octanol–water partition coefficient (Wildman–Crippen LogP) is 1.21. The summed E-state index contributed by atoms with van der Waals surface area (Å²) in [6, 6.07) is -0.423. The van der Waals surface area contributed by atoms with Gasteiger partial charge in [-0.1, -0.05) is 27.7 Å². The number of carbonyl (C=O) groups excluding carboxylic acids is 1. The minimum absolute atomic E-state index is 0.0135. The summed E-state index contributed by atoms with van der Waals surface area (Å²) in [6.07, 6.45) is 2.36. The van der Waals surface area contributed by atoms with Crippen molar-refractivity contribution in [1.29, 1.82) is 0 Å². The van der Waals surface area contributed by atoms with E-state index in [9.17, 15) is 4.79 Å². The zero-order valence-corrected chi connectivity index (χ0v) is 12.3. The van der Waals surface area contributed by atoms with E-state index in [1.165, 1.54) is 12.8 Å². The molecule has 1 heterocycles. The van der Waals surface area contributed by atoms with E-state index in [1.807, 2.05) is 20.8 Å². The number of piperidine rings is 1. The van der Waals surface area contributed by atoms with Gasteiger partial charge in [-0.05, 0) is 43.8 Å². The molecule has 4 heteroatoms. The van der Waals surface area contributed by atoms with Crippen molar-refractivity contribution in [3.05, 3.63) is 0 Å². The third-order valence-electron chi connectivity index (χ3n) is 3.93. The van der Waals surface area contributed by atoms with Gasteiger partial charge < -0.3 is 16.0 Å². The third-order valence-corrected chi connectivity index (χ3v) is 3.93. The third kappa shape index (κ3) is 4.58. The fourth-order valence-corrected chi connectivity index (χ4v) is 2.25. The van der Waals surface area contributed by atoms with Crippen molar-refractivity contribution < 1.29 is 4.79 Å². The Balaban J connectivity index is 2.27. The van der Waals surface area contributed by atoms with Gasteiger partial charge in [-0.15, -0.1) is 0 Å². The van der Waals surface area contributed by atoms with Crippen LogP contribution in [0.3, 0.4) is 0 Å². The van der Waals surface area contributed by atoms with E-state index < -0.39 is 6.04 Å². The second kappa shape index (κ2) is 6.53. The van der Waals surface area contributed by atoms with E-state index >= 15 is 0 Å². The smallest absolute Gasteiger partial charge is 0.237 e. The summed E-state index contributed by atoms with van der Waals surface area (Å²) >= 11 is 0.